The van der Waals surface area contributed by atoms with Gasteiger partial charge in [-0.3, -0.25) is 9.59 Å². The number of carboxylic acids is 1. The van der Waals surface area contributed by atoms with Crippen molar-refractivity contribution in [2.45, 2.75) is 70.4 Å². The van der Waals surface area contributed by atoms with Crippen LogP contribution in [0.3, 0.4) is 0 Å². The summed E-state index contributed by atoms with van der Waals surface area (Å²) in [7, 11) is 0. The summed E-state index contributed by atoms with van der Waals surface area (Å²) in [6, 6.07) is -0.0300. The van der Waals surface area contributed by atoms with Crippen LogP contribution in [0.1, 0.15) is 58.8 Å². The van der Waals surface area contributed by atoms with Gasteiger partial charge in [0.15, 0.2) is 0 Å². The molecule has 0 spiro atoms. The van der Waals surface area contributed by atoms with Gasteiger partial charge in [-0.25, -0.2) is 0 Å². The van der Waals surface area contributed by atoms with Crippen LogP contribution in [0.4, 0.5) is 0 Å². The maximum Gasteiger partial charge on any atom is 0.303 e. The number of amides is 1. The quantitative estimate of drug-likeness (QED) is 0.409. The number of likely N-dealkylation sites (tertiary alicyclic amines) is 1. The lowest BCUT2D eigenvalue weighted by molar-refractivity contribution is -0.137. The molecule has 1 unspecified atom stereocenters. The zero-order chi connectivity index (χ0) is 19.4. The van der Waals surface area contributed by atoms with Gasteiger partial charge in [-0.1, -0.05) is 31.2 Å². The third-order valence-electron chi connectivity index (χ3n) is 4.26. The summed E-state index contributed by atoms with van der Waals surface area (Å²) in [5.41, 5.74) is -1.05. The van der Waals surface area contributed by atoms with Crippen LogP contribution in [0.15, 0.2) is 24.3 Å². The van der Waals surface area contributed by atoms with Crippen molar-refractivity contribution in [3.63, 3.8) is 0 Å². The predicted molar refractivity (Wildman–Crippen MR) is 101 cm³/mol. The molecule has 0 bridgehead atoms. The molecule has 0 aromatic heterocycles. The van der Waals surface area contributed by atoms with Crippen molar-refractivity contribution in [3.05, 3.63) is 24.3 Å². The molecule has 1 rings (SSSR count). The van der Waals surface area contributed by atoms with Gasteiger partial charge in [0.2, 0.25) is 5.91 Å². The van der Waals surface area contributed by atoms with Gasteiger partial charge in [-0.15, -0.1) is 0 Å². The number of carboxylic acid groups (broad SMARTS) is 1. The van der Waals surface area contributed by atoms with Gasteiger partial charge in [0.1, 0.15) is 5.60 Å². The highest BCUT2D eigenvalue weighted by atomic mass is 16.5. The van der Waals surface area contributed by atoms with E-state index in [9.17, 15) is 14.7 Å². The zero-order valence-electron chi connectivity index (χ0n) is 16.0. The Labute approximate surface area is 156 Å². The van der Waals surface area contributed by atoms with E-state index >= 15 is 0 Å². The summed E-state index contributed by atoms with van der Waals surface area (Å²) in [5, 5.41) is 19.0. The first-order chi connectivity index (χ1) is 12.4. The van der Waals surface area contributed by atoms with Gasteiger partial charge in [0.25, 0.3) is 0 Å². The van der Waals surface area contributed by atoms with Crippen LogP contribution in [-0.4, -0.2) is 58.4 Å². The normalized spacial score (nSPS) is 20.8. The van der Waals surface area contributed by atoms with Crippen LogP contribution < -0.4 is 0 Å². The number of carbonyl (C=O) groups excluding carboxylic acids is 1. The molecule has 1 fully saturated rings. The molecule has 0 aliphatic carbocycles. The fourth-order valence-corrected chi connectivity index (χ4v) is 2.85. The van der Waals surface area contributed by atoms with E-state index in [0.717, 1.165) is 19.3 Å². The second kappa shape index (κ2) is 11.9. The molecule has 148 valence electrons. The Morgan fingerprint density at radius 3 is 2.88 bits per heavy atom. The number of carbonyl (C=O) groups is 2. The van der Waals surface area contributed by atoms with Gasteiger partial charge in [0, 0.05) is 26.0 Å². The lowest BCUT2D eigenvalue weighted by Crippen LogP contribution is -2.43. The zero-order valence-corrected chi connectivity index (χ0v) is 16.0. The minimum Gasteiger partial charge on any atom is -0.481 e. The number of hydrogen-bond donors (Lipinski definition) is 2. The SMILES string of the molecule is CCCOCC(C)(O)C=C[C@H]1CCCC(=O)N1CC=CCCCC(=O)O. The fraction of sp³-hybridized carbons (Fsp3) is 0.700. The number of unbranched alkanes of at least 4 members (excludes halogenated alkanes) is 1. The molecule has 26 heavy (non-hydrogen) atoms. The molecule has 1 heterocycles. The van der Waals surface area contributed by atoms with Crippen molar-refractivity contribution >= 4 is 11.9 Å². The standard InChI is InChI=1S/C20H33NO5/c1-3-15-26-16-20(2,25)13-12-17-9-8-10-18(22)21(17)14-7-5-4-6-11-19(23)24/h5,7,12-13,17,25H,3-4,6,8-11,14-16H2,1-2H3,(H,23,24)/t17-,20?/m1/s1. The Kier molecular flexibility index (Phi) is 10.2. The van der Waals surface area contributed by atoms with Crippen molar-refractivity contribution in [1.29, 1.82) is 0 Å². The molecule has 0 aromatic rings. The summed E-state index contributed by atoms with van der Waals surface area (Å²) in [4.78, 5) is 24.5. The molecule has 0 aromatic carbocycles. The Hall–Kier alpha value is -1.66. The van der Waals surface area contributed by atoms with Gasteiger partial charge < -0.3 is 19.8 Å². The summed E-state index contributed by atoms with van der Waals surface area (Å²) >= 11 is 0. The van der Waals surface area contributed by atoms with E-state index in [1.807, 2.05) is 30.1 Å². The molecular weight excluding hydrogens is 334 g/mol. The van der Waals surface area contributed by atoms with Gasteiger partial charge in [-0.05, 0) is 39.0 Å². The summed E-state index contributed by atoms with van der Waals surface area (Å²) in [5.74, 6) is -0.673. The van der Waals surface area contributed by atoms with E-state index in [4.69, 9.17) is 9.84 Å². The Morgan fingerprint density at radius 1 is 1.42 bits per heavy atom. The van der Waals surface area contributed by atoms with Crippen molar-refractivity contribution in [1.82, 2.24) is 4.90 Å². The lowest BCUT2D eigenvalue weighted by atomic mass is 9.98. The smallest absolute Gasteiger partial charge is 0.303 e. The number of rotatable bonds is 12. The molecule has 0 radical (unpaired) electrons. The summed E-state index contributed by atoms with van der Waals surface area (Å²) in [6.07, 6.45) is 12.1. The van der Waals surface area contributed by atoms with Crippen molar-refractivity contribution < 1.29 is 24.5 Å². The summed E-state index contributed by atoms with van der Waals surface area (Å²) < 4.78 is 5.42. The molecule has 1 aliphatic heterocycles. The first-order valence-electron chi connectivity index (χ1n) is 9.51. The number of hydrogen-bond acceptors (Lipinski definition) is 4. The third-order valence-corrected chi connectivity index (χ3v) is 4.26. The van der Waals surface area contributed by atoms with Crippen LogP contribution in [0, 0.1) is 0 Å². The minimum absolute atomic E-state index is 0.0300. The number of ether oxygens (including phenoxy) is 1. The van der Waals surface area contributed by atoms with Gasteiger partial charge in [0.05, 0.1) is 12.6 Å². The van der Waals surface area contributed by atoms with E-state index in [1.165, 1.54) is 0 Å². The number of nitrogens with zero attached hydrogens (tertiary/aromatic N) is 1. The van der Waals surface area contributed by atoms with Crippen LogP contribution in [-0.2, 0) is 14.3 Å². The van der Waals surface area contributed by atoms with Crippen LogP contribution >= 0.6 is 0 Å². The Bertz CT molecular complexity index is 498. The van der Waals surface area contributed by atoms with Crippen molar-refractivity contribution in [2.75, 3.05) is 19.8 Å². The molecule has 0 saturated carbocycles. The molecule has 2 N–H and O–H groups in total. The van der Waals surface area contributed by atoms with E-state index in [0.29, 0.717) is 32.4 Å². The molecular formula is C20H33NO5. The van der Waals surface area contributed by atoms with Gasteiger partial charge >= 0.3 is 5.97 Å². The van der Waals surface area contributed by atoms with Crippen LogP contribution in [0.5, 0.6) is 0 Å². The van der Waals surface area contributed by atoms with Crippen molar-refractivity contribution in [2.24, 2.45) is 0 Å². The van der Waals surface area contributed by atoms with Gasteiger partial charge in [-0.2, -0.15) is 0 Å². The highest BCUT2D eigenvalue weighted by Crippen LogP contribution is 2.20. The molecule has 2 atom stereocenters. The Balaban J connectivity index is 2.55. The minimum atomic E-state index is -1.05. The highest BCUT2D eigenvalue weighted by Gasteiger charge is 2.26. The lowest BCUT2D eigenvalue weighted by Gasteiger charge is -2.33. The molecule has 1 saturated heterocycles. The molecule has 1 aliphatic rings. The molecule has 1 amide bonds. The van der Waals surface area contributed by atoms with Crippen LogP contribution in [0.2, 0.25) is 0 Å². The number of aliphatic hydroxyl groups is 1. The van der Waals surface area contributed by atoms with Crippen LogP contribution in [0.25, 0.3) is 0 Å². The Morgan fingerprint density at radius 2 is 2.19 bits per heavy atom. The maximum absolute atomic E-state index is 12.2. The fourth-order valence-electron chi connectivity index (χ4n) is 2.85. The first-order valence-corrected chi connectivity index (χ1v) is 9.51. The van der Waals surface area contributed by atoms with Crippen molar-refractivity contribution in [3.8, 4) is 0 Å². The average molecular weight is 367 g/mol. The monoisotopic (exact) mass is 367 g/mol. The topological polar surface area (TPSA) is 87.1 Å². The predicted octanol–water partition coefficient (Wildman–Crippen LogP) is 2.91. The molecule has 6 nitrogen and oxygen atoms in total. The van der Waals surface area contributed by atoms with E-state index < -0.39 is 11.6 Å². The van der Waals surface area contributed by atoms with E-state index in [1.54, 1.807) is 13.0 Å². The number of allylic oxidation sites excluding steroid dienone is 1. The summed E-state index contributed by atoms with van der Waals surface area (Å²) in [6.45, 7) is 5.09. The maximum atomic E-state index is 12.2. The first kappa shape index (κ1) is 22.4. The molecule has 6 heteroatoms. The third kappa shape index (κ3) is 9.15. The highest BCUT2D eigenvalue weighted by molar-refractivity contribution is 5.77. The van der Waals surface area contributed by atoms with E-state index in [-0.39, 0.29) is 25.0 Å². The average Bonchev–Trinajstić information content (AvgIpc) is 2.57. The van der Waals surface area contributed by atoms with E-state index in [2.05, 4.69) is 0 Å². The second-order valence-corrected chi connectivity index (χ2v) is 7.03. The second-order valence-electron chi connectivity index (χ2n) is 7.03. The number of aliphatic carboxylic acids is 1. The largest absolute Gasteiger partial charge is 0.481 e. The number of piperidine rings is 1.